The largest absolute Gasteiger partial charge is 0.386 e. The molecule has 5 nitrogen and oxygen atoms in total. The summed E-state index contributed by atoms with van der Waals surface area (Å²) in [7, 11) is 1.64. The molecular weight excluding hydrogens is 220 g/mol. The molecule has 0 aliphatic carbocycles. The molecule has 2 rings (SSSR count). The van der Waals surface area contributed by atoms with Crippen LogP contribution in [0, 0.1) is 0 Å². The van der Waals surface area contributed by atoms with Crippen LogP contribution < -0.4 is 0 Å². The van der Waals surface area contributed by atoms with E-state index in [1.165, 1.54) is 0 Å². The number of β-amino-alcohol motifs (C(OH)–C–C–N with tert-alkyl or cyclic N) is 1. The fourth-order valence-electron chi connectivity index (χ4n) is 2.07. The molecule has 1 saturated heterocycles. The number of hydrogen-bond donors (Lipinski definition) is 1. The van der Waals surface area contributed by atoms with E-state index in [0.29, 0.717) is 31.9 Å². The maximum Gasteiger partial charge on any atom is 0.270 e. The standard InChI is InChI=1S/C12H18N2O3/c1-12(16)8-14(9-12)11(15)10-4-3-5-13(10)6-7-17-2/h3-5,16H,6-9H2,1-2H3. The van der Waals surface area contributed by atoms with Crippen LogP contribution in [0.1, 0.15) is 17.4 Å². The number of amides is 1. The average molecular weight is 238 g/mol. The van der Waals surface area contributed by atoms with Crippen molar-refractivity contribution in [2.45, 2.75) is 19.1 Å². The van der Waals surface area contributed by atoms with Crippen molar-refractivity contribution in [3.63, 3.8) is 0 Å². The molecular formula is C12H18N2O3. The summed E-state index contributed by atoms with van der Waals surface area (Å²) in [6.45, 7) is 3.78. The number of methoxy groups -OCH3 is 1. The number of nitrogens with zero attached hydrogens (tertiary/aromatic N) is 2. The molecule has 94 valence electrons. The Morgan fingerprint density at radius 2 is 2.29 bits per heavy atom. The summed E-state index contributed by atoms with van der Waals surface area (Å²) in [4.78, 5) is 13.8. The Bertz CT molecular complexity index is 404. The first-order chi connectivity index (χ1) is 8.03. The molecule has 0 aromatic carbocycles. The van der Waals surface area contributed by atoms with Gasteiger partial charge in [0.05, 0.1) is 25.3 Å². The number of rotatable bonds is 4. The molecule has 1 aliphatic rings. The molecule has 5 heteroatoms. The summed E-state index contributed by atoms with van der Waals surface area (Å²) in [6, 6.07) is 3.64. The molecule has 17 heavy (non-hydrogen) atoms. The third kappa shape index (κ3) is 2.50. The van der Waals surface area contributed by atoms with Crippen LogP contribution in [-0.4, -0.2) is 52.9 Å². The normalized spacial score (nSPS) is 17.9. The minimum Gasteiger partial charge on any atom is -0.386 e. The van der Waals surface area contributed by atoms with Crippen molar-refractivity contribution in [3.8, 4) is 0 Å². The molecule has 0 spiro atoms. The van der Waals surface area contributed by atoms with Crippen molar-refractivity contribution < 1.29 is 14.6 Å². The van der Waals surface area contributed by atoms with Crippen LogP contribution in [0.15, 0.2) is 18.3 Å². The summed E-state index contributed by atoms with van der Waals surface area (Å²) < 4.78 is 6.87. The Kier molecular flexibility index (Phi) is 3.22. The number of aliphatic hydroxyl groups is 1. The molecule has 1 aromatic rings. The lowest BCUT2D eigenvalue weighted by Gasteiger charge is -2.44. The van der Waals surface area contributed by atoms with Gasteiger partial charge in [0.15, 0.2) is 0 Å². The van der Waals surface area contributed by atoms with E-state index in [1.807, 2.05) is 16.8 Å². The van der Waals surface area contributed by atoms with Gasteiger partial charge in [0.1, 0.15) is 5.69 Å². The number of aromatic nitrogens is 1. The van der Waals surface area contributed by atoms with Crippen LogP contribution in [0.25, 0.3) is 0 Å². The Morgan fingerprint density at radius 3 is 2.88 bits per heavy atom. The molecule has 1 fully saturated rings. The van der Waals surface area contributed by atoms with E-state index in [4.69, 9.17) is 4.74 Å². The van der Waals surface area contributed by atoms with E-state index in [0.717, 1.165) is 0 Å². The van der Waals surface area contributed by atoms with E-state index >= 15 is 0 Å². The second-order valence-corrected chi connectivity index (χ2v) is 4.74. The van der Waals surface area contributed by atoms with Gasteiger partial charge < -0.3 is 19.3 Å². The maximum absolute atomic E-state index is 12.1. The zero-order valence-corrected chi connectivity index (χ0v) is 10.2. The van der Waals surface area contributed by atoms with Gasteiger partial charge in [-0.1, -0.05) is 0 Å². The monoisotopic (exact) mass is 238 g/mol. The smallest absolute Gasteiger partial charge is 0.270 e. The summed E-state index contributed by atoms with van der Waals surface area (Å²) in [6.07, 6.45) is 1.87. The number of carbonyl (C=O) groups is 1. The first-order valence-electron chi connectivity index (χ1n) is 5.69. The molecule has 0 unspecified atom stereocenters. The van der Waals surface area contributed by atoms with Crippen LogP contribution in [0.4, 0.5) is 0 Å². The lowest BCUT2D eigenvalue weighted by atomic mass is 9.96. The highest BCUT2D eigenvalue weighted by Gasteiger charge is 2.40. The average Bonchev–Trinajstić information content (AvgIpc) is 2.70. The predicted octanol–water partition coefficient (Wildman–Crippen LogP) is 0.341. The van der Waals surface area contributed by atoms with Crippen LogP contribution in [0.2, 0.25) is 0 Å². The first kappa shape index (κ1) is 12.1. The second-order valence-electron chi connectivity index (χ2n) is 4.74. The fourth-order valence-corrected chi connectivity index (χ4v) is 2.07. The van der Waals surface area contributed by atoms with Gasteiger partial charge in [0.2, 0.25) is 0 Å². The number of hydrogen-bond acceptors (Lipinski definition) is 3. The van der Waals surface area contributed by atoms with Gasteiger partial charge in [-0.25, -0.2) is 0 Å². The molecule has 1 amide bonds. The van der Waals surface area contributed by atoms with Crippen LogP contribution in [0.3, 0.4) is 0 Å². The van der Waals surface area contributed by atoms with E-state index in [9.17, 15) is 9.90 Å². The van der Waals surface area contributed by atoms with Gasteiger partial charge in [0.25, 0.3) is 5.91 Å². The third-order valence-corrected chi connectivity index (χ3v) is 2.94. The van der Waals surface area contributed by atoms with Gasteiger partial charge in [-0.05, 0) is 19.1 Å². The van der Waals surface area contributed by atoms with Crippen molar-refractivity contribution >= 4 is 5.91 Å². The first-order valence-corrected chi connectivity index (χ1v) is 5.69. The SMILES string of the molecule is COCCn1cccc1C(=O)N1CC(C)(O)C1. The maximum atomic E-state index is 12.1. The Labute approximate surface area is 101 Å². The molecule has 0 saturated carbocycles. The number of likely N-dealkylation sites (tertiary alicyclic amines) is 1. The molecule has 1 aromatic heterocycles. The van der Waals surface area contributed by atoms with Crippen molar-refractivity contribution in [1.82, 2.24) is 9.47 Å². The Morgan fingerprint density at radius 1 is 1.59 bits per heavy atom. The van der Waals surface area contributed by atoms with Crippen molar-refractivity contribution in [3.05, 3.63) is 24.0 Å². The molecule has 2 heterocycles. The van der Waals surface area contributed by atoms with Crippen molar-refractivity contribution in [2.75, 3.05) is 26.8 Å². The number of carbonyl (C=O) groups excluding carboxylic acids is 1. The minimum atomic E-state index is -0.723. The summed E-state index contributed by atoms with van der Waals surface area (Å²) in [5, 5.41) is 9.62. The number of ether oxygens (including phenoxy) is 1. The zero-order valence-electron chi connectivity index (χ0n) is 10.2. The van der Waals surface area contributed by atoms with Gasteiger partial charge in [-0.3, -0.25) is 4.79 Å². The fraction of sp³-hybridized carbons (Fsp3) is 0.583. The molecule has 1 N–H and O–H groups in total. The van der Waals surface area contributed by atoms with E-state index in [2.05, 4.69) is 0 Å². The van der Waals surface area contributed by atoms with Gasteiger partial charge in [-0.2, -0.15) is 0 Å². The van der Waals surface area contributed by atoms with E-state index < -0.39 is 5.60 Å². The highest BCUT2D eigenvalue weighted by Crippen LogP contribution is 2.22. The van der Waals surface area contributed by atoms with Crippen molar-refractivity contribution in [2.24, 2.45) is 0 Å². The molecule has 0 bridgehead atoms. The van der Waals surface area contributed by atoms with E-state index in [-0.39, 0.29) is 5.91 Å². The summed E-state index contributed by atoms with van der Waals surface area (Å²) in [5.74, 6) is -0.0300. The van der Waals surface area contributed by atoms with Gasteiger partial charge in [-0.15, -0.1) is 0 Å². The Balaban J connectivity index is 2.02. The van der Waals surface area contributed by atoms with E-state index in [1.54, 1.807) is 25.0 Å². The van der Waals surface area contributed by atoms with Gasteiger partial charge >= 0.3 is 0 Å². The molecule has 0 atom stereocenters. The van der Waals surface area contributed by atoms with Crippen LogP contribution in [-0.2, 0) is 11.3 Å². The van der Waals surface area contributed by atoms with Crippen LogP contribution >= 0.6 is 0 Å². The summed E-state index contributed by atoms with van der Waals surface area (Å²) >= 11 is 0. The lowest BCUT2D eigenvalue weighted by molar-refractivity contribution is -0.0672. The second kappa shape index (κ2) is 4.50. The third-order valence-electron chi connectivity index (χ3n) is 2.94. The molecule has 1 aliphatic heterocycles. The highest BCUT2D eigenvalue weighted by atomic mass is 16.5. The molecule has 0 radical (unpaired) electrons. The minimum absolute atomic E-state index is 0.0300. The quantitative estimate of drug-likeness (QED) is 0.823. The highest BCUT2D eigenvalue weighted by molar-refractivity contribution is 5.93. The zero-order chi connectivity index (χ0) is 12.5. The predicted molar refractivity (Wildman–Crippen MR) is 62.8 cm³/mol. The lowest BCUT2D eigenvalue weighted by Crippen LogP contribution is -2.61. The van der Waals surface area contributed by atoms with Crippen molar-refractivity contribution in [1.29, 1.82) is 0 Å². The van der Waals surface area contributed by atoms with Crippen LogP contribution in [0.5, 0.6) is 0 Å². The van der Waals surface area contributed by atoms with Gasteiger partial charge in [0, 0.05) is 19.9 Å². The summed E-state index contributed by atoms with van der Waals surface area (Å²) in [5.41, 5.74) is -0.0721. The Hall–Kier alpha value is -1.33. The topological polar surface area (TPSA) is 54.7 Å².